The smallest absolute Gasteiger partial charge is 0.228 e. The second-order valence-corrected chi connectivity index (χ2v) is 6.46. The normalized spacial score (nSPS) is 13.4. The number of amides is 1. The van der Waals surface area contributed by atoms with E-state index in [1.807, 2.05) is 32.7 Å². The van der Waals surface area contributed by atoms with Crippen molar-refractivity contribution in [3.05, 3.63) is 24.0 Å². The molecule has 0 aliphatic heterocycles. The van der Waals surface area contributed by atoms with Gasteiger partial charge in [-0.3, -0.25) is 4.79 Å². The van der Waals surface area contributed by atoms with Gasteiger partial charge in [-0.25, -0.2) is 0 Å². The third-order valence-corrected chi connectivity index (χ3v) is 3.44. The summed E-state index contributed by atoms with van der Waals surface area (Å²) in [6.45, 7) is 11.0. The highest BCUT2D eigenvalue weighted by Gasteiger charge is 2.25. The number of aromatic nitrogens is 1. The van der Waals surface area contributed by atoms with Crippen LogP contribution in [0.15, 0.2) is 18.3 Å². The van der Waals surface area contributed by atoms with Gasteiger partial charge in [-0.2, -0.15) is 0 Å². The topological polar surface area (TPSA) is 25.2 Å². The Bertz CT molecular complexity index is 415. The lowest BCUT2D eigenvalue weighted by atomic mass is 9.95. The van der Waals surface area contributed by atoms with E-state index in [9.17, 15) is 4.79 Å². The maximum atomic E-state index is 12.2. The molecule has 0 bridgehead atoms. The van der Waals surface area contributed by atoms with Crippen LogP contribution in [-0.4, -0.2) is 22.4 Å². The van der Waals surface area contributed by atoms with E-state index in [0.717, 1.165) is 0 Å². The molecule has 1 heterocycles. The van der Waals surface area contributed by atoms with Crippen LogP contribution >= 0.6 is 0 Å². The molecule has 108 valence electrons. The van der Waals surface area contributed by atoms with Crippen molar-refractivity contribution in [2.75, 3.05) is 7.05 Å². The van der Waals surface area contributed by atoms with Gasteiger partial charge in [0.15, 0.2) is 0 Å². The zero-order valence-electron chi connectivity index (χ0n) is 13.2. The molecular formula is C16H28N2O. The van der Waals surface area contributed by atoms with E-state index in [2.05, 4.69) is 36.7 Å². The zero-order valence-corrected chi connectivity index (χ0v) is 13.2. The lowest BCUT2D eigenvalue weighted by molar-refractivity contribution is -0.138. The van der Waals surface area contributed by atoms with E-state index in [1.165, 1.54) is 18.5 Å². The first-order valence-corrected chi connectivity index (χ1v) is 7.18. The Morgan fingerprint density at radius 3 is 2.58 bits per heavy atom. The van der Waals surface area contributed by atoms with Gasteiger partial charge in [0.05, 0.1) is 6.54 Å². The molecule has 0 aliphatic carbocycles. The number of hydrogen-bond donors (Lipinski definition) is 0. The fourth-order valence-electron chi connectivity index (χ4n) is 2.44. The van der Waals surface area contributed by atoms with Crippen LogP contribution in [0.4, 0.5) is 0 Å². The molecule has 19 heavy (non-hydrogen) atoms. The summed E-state index contributed by atoms with van der Waals surface area (Å²) in [4.78, 5) is 14.0. The molecule has 0 spiro atoms. The van der Waals surface area contributed by atoms with Gasteiger partial charge in [-0.15, -0.1) is 0 Å². The molecular weight excluding hydrogens is 236 g/mol. The number of rotatable bonds is 5. The lowest BCUT2D eigenvalue weighted by Crippen LogP contribution is -2.36. The highest BCUT2D eigenvalue weighted by molar-refractivity contribution is 5.81. The third-order valence-electron chi connectivity index (χ3n) is 3.44. The average molecular weight is 264 g/mol. The van der Waals surface area contributed by atoms with Gasteiger partial charge in [0, 0.05) is 30.4 Å². The van der Waals surface area contributed by atoms with E-state index in [-0.39, 0.29) is 11.3 Å². The first-order valence-electron chi connectivity index (χ1n) is 7.18. The van der Waals surface area contributed by atoms with Crippen molar-refractivity contribution >= 4 is 5.91 Å². The number of carbonyl (C=O) groups excluding carboxylic acids is 1. The molecule has 1 aromatic heterocycles. The predicted molar refractivity (Wildman–Crippen MR) is 80.0 cm³/mol. The van der Waals surface area contributed by atoms with Gasteiger partial charge >= 0.3 is 0 Å². The SMILES string of the molecule is CCCC(C)n1cccc1CN(C)C(=O)C(C)(C)C. The highest BCUT2D eigenvalue weighted by atomic mass is 16.2. The van der Waals surface area contributed by atoms with Crippen LogP contribution in [0.3, 0.4) is 0 Å². The van der Waals surface area contributed by atoms with Crippen LogP contribution in [0.25, 0.3) is 0 Å². The van der Waals surface area contributed by atoms with E-state index in [4.69, 9.17) is 0 Å². The fraction of sp³-hybridized carbons (Fsp3) is 0.688. The van der Waals surface area contributed by atoms with Gasteiger partial charge in [-0.1, -0.05) is 34.1 Å². The number of nitrogens with zero attached hydrogens (tertiary/aromatic N) is 2. The standard InChI is InChI=1S/C16H28N2O/c1-7-9-13(2)18-11-8-10-14(18)12-17(6)15(19)16(3,4)5/h8,10-11,13H,7,9,12H2,1-6H3. The maximum Gasteiger partial charge on any atom is 0.228 e. The minimum Gasteiger partial charge on any atom is -0.347 e. The maximum absolute atomic E-state index is 12.2. The number of carbonyl (C=O) groups is 1. The molecule has 0 radical (unpaired) electrons. The number of hydrogen-bond acceptors (Lipinski definition) is 1. The summed E-state index contributed by atoms with van der Waals surface area (Å²) >= 11 is 0. The molecule has 0 N–H and O–H groups in total. The third kappa shape index (κ3) is 4.12. The van der Waals surface area contributed by atoms with Crippen molar-refractivity contribution < 1.29 is 4.79 Å². The summed E-state index contributed by atoms with van der Waals surface area (Å²) in [6.07, 6.45) is 4.46. The summed E-state index contributed by atoms with van der Waals surface area (Å²) in [5.41, 5.74) is 0.891. The van der Waals surface area contributed by atoms with Crippen molar-refractivity contribution in [2.24, 2.45) is 5.41 Å². The average Bonchev–Trinajstić information content (AvgIpc) is 2.75. The van der Waals surface area contributed by atoms with Crippen LogP contribution < -0.4 is 0 Å². The van der Waals surface area contributed by atoms with Gasteiger partial charge < -0.3 is 9.47 Å². The van der Waals surface area contributed by atoms with E-state index < -0.39 is 0 Å². The fourth-order valence-corrected chi connectivity index (χ4v) is 2.44. The van der Waals surface area contributed by atoms with Gasteiger partial charge in [0.1, 0.15) is 0 Å². The lowest BCUT2D eigenvalue weighted by Gasteiger charge is -2.27. The van der Waals surface area contributed by atoms with Crippen molar-refractivity contribution in [3.63, 3.8) is 0 Å². The van der Waals surface area contributed by atoms with Crippen molar-refractivity contribution in [1.82, 2.24) is 9.47 Å². The molecule has 0 aromatic carbocycles. The van der Waals surface area contributed by atoms with Crippen LogP contribution in [0.1, 0.15) is 59.2 Å². The summed E-state index contributed by atoms with van der Waals surface area (Å²) in [7, 11) is 1.88. The molecule has 0 saturated heterocycles. The predicted octanol–water partition coefficient (Wildman–Crippen LogP) is 3.85. The van der Waals surface area contributed by atoms with E-state index in [0.29, 0.717) is 12.6 Å². The largest absolute Gasteiger partial charge is 0.347 e. The van der Waals surface area contributed by atoms with Crippen molar-refractivity contribution in [3.8, 4) is 0 Å². The molecule has 0 saturated carbocycles. The summed E-state index contributed by atoms with van der Waals surface area (Å²) in [5.74, 6) is 0.184. The molecule has 1 atom stereocenters. The zero-order chi connectivity index (χ0) is 14.6. The van der Waals surface area contributed by atoms with Crippen molar-refractivity contribution in [1.29, 1.82) is 0 Å². The Morgan fingerprint density at radius 2 is 2.05 bits per heavy atom. The Kier molecular flexibility index (Phi) is 5.21. The van der Waals surface area contributed by atoms with Gasteiger partial charge in [-0.05, 0) is 25.5 Å². The Balaban J connectivity index is 2.78. The summed E-state index contributed by atoms with van der Waals surface area (Å²) in [5, 5.41) is 0. The molecule has 3 nitrogen and oxygen atoms in total. The van der Waals surface area contributed by atoms with Crippen molar-refractivity contribution in [2.45, 2.75) is 60.0 Å². The minimum atomic E-state index is -0.318. The quantitative estimate of drug-likeness (QED) is 0.793. The van der Waals surface area contributed by atoms with E-state index >= 15 is 0 Å². The van der Waals surface area contributed by atoms with Crippen LogP contribution in [0.5, 0.6) is 0 Å². The van der Waals surface area contributed by atoms with Gasteiger partial charge in [0.2, 0.25) is 5.91 Å². The second-order valence-electron chi connectivity index (χ2n) is 6.46. The molecule has 1 unspecified atom stereocenters. The monoisotopic (exact) mass is 264 g/mol. The Hall–Kier alpha value is -1.25. The Labute approximate surface area is 117 Å². The van der Waals surface area contributed by atoms with E-state index in [1.54, 1.807) is 0 Å². The van der Waals surface area contributed by atoms with Crippen LogP contribution in [-0.2, 0) is 11.3 Å². The van der Waals surface area contributed by atoms with Crippen LogP contribution in [0, 0.1) is 5.41 Å². The minimum absolute atomic E-state index is 0.184. The van der Waals surface area contributed by atoms with Crippen LogP contribution in [0.2, 0.25) is 0 Å². The molecule has 1 aromatic rings. The molecule has 1 amide bonds. The second kappa shape index (κ2) is 6.27. The van der Waals surface area contributed by atoms with Gasteiger partial charge in [0.25, 0.3) is 0 Å². The first kappa shape index (κ1) is 15.8. The highest BCUT2D eigenvalue weighted by Crippen LogP contribution is 2.21. The summed E-state index contributed by atoms with van der Waals surface area (Å²) in [6, 6.07) is 4.67. The molecule has 1 rings (SSSR count). The Morgan fingerprint density at radius 1 is 1.42 bits per heavy atom. The molecule has 3 heteroatoms. The first-order chi connectivity index (χ1) is 8.77. The molecule has 0 fully saturated rings. The summed E-state index contributed by atoms with van der Waals surface area (Å²) < 4.78 is 2.29. The molecule has 0 aliphatic rings.